The van der Waals surface area contributed by atoms with Crippen LogP contribution in [0.5, 0.6) is 0 Å². The van der Waals surface area contributed by atoms with Gasteiger partial charge in [-0.15, -0.1) is 0 Å². The SMILES string of the molecule is CNc1ccc(Cc2ccc(NC(=O)Nc3ccc(Cc4ccc(NC(C)=O)cc4)cc3)cc2)cc1. The molecule has 0 aliphatic heterocycles. The minimum Gasteiger partial charge on any atom is -0.388 e. The number of carbonyl (C=O) groups is 2. The fourth-order valence-corrected chi connectivity index (χ4v) is 3.88. The highest BCUT2D eigenvalue weighted by Crippen LogP contribution is 2.18. The molecule has 0 bridgehead atoms. The number of anilines is 4. The number of hydrogen-bond acceptors (Lipinski definition) is 3. The van der Waals surface area contributed by atoms with Crippen LogP contribution >= 0.6 is 0 Å². The first-order chi connectivity index (χ1) is 17.5. The van der Waals surface area contributed by atoms with Gasteiger partial charge in [-0.05, 0) is 83.6 Å². The van der Waals surface area contributed by atoms with Crippen LogP contribution in [0.15, 0.2) is 97.1 Å². The van der Waals surface area contributed by atoms with E-state index in [9.17, 15) is 9.59 Å². The zero-order valence-corrected chi connectivity index (χ0v) is 20.5. The molecule has 4 N–H and O–H groups in total. The topological polar surface area (TPSA) is 82.3 Å². The molecular formula is C30H30N4O2. The number of benzene rings is 4. The van der Waals surface area contributed by atoms with E-state index >= 15 is 0 Å². The minimum atomic E-state index is -0.285. The van der Waals surface area contributed by atoms with Crippen LogP contribution in [0.25, 0.3) is 0 Å². The number of nitrogens with one attached hydrogen (secondary N) is 4. The van der Waals surface area contributed by atoms with Crippen LogP contribution in [0.1, 0.15) is 29.2 Å². The lowest BCUT2D eigenvalue weighted by atomic mass is 10.0. The molecule has 36 heavy (non-hydrogen) atoms. The van der Waals surface area contributed by atoms with Gasteiger partial charge in [-0.1, -0.05) is 48.5 Å². The number of urea groups is 1. The summed E-state index contributed by atoms with van der Waals surface area (Å²) < 4.78 is 0. The van der Waals surface area contributed by atoms with Gasteiger partial charge in [0.05, 0.1) is 0 Å². The van der Waals surface area contributed by atoms with E-state index < -0.39 is 0 Å². The van der Waals surface area contributed by atoms with Gasteiger partial charge in [0.15, 0.2) is 0 Å². The van der Waals surface area contributed by atoms with Crippen molar-refractivity contribution >= 4 is 34.7 Å². The van der Waals surface area contributed by atoms with Crippen LogP contribution in [0, 0.1) is 0 Å². The number of hydrogen-bond donors (Lipinski definition) is 4. The summed E-state index contributed by atoms with van der Waals surface area (Å²) in [7, 11) is 1.91. The maximum absolute atomic E-state index is 12.4. The van der Waals surface area contributed by atoms with E-state index in [1.165, 1.54) is 18.1 Å². The maximum atomic E-state index is 12.4. The van der Waals surface area contributed by atoms with Crippen LogP contribution in [0.4, 0.5) is 27.5 Å². The van der Waals surface area contributed by atoms with Crippen molar-refractivity contribution in [3.05, 3.63) is 119 Å². The molecule has 4 aromatic rings. The Hall–Kier alpha value is -4.58. The number of rotatable bonds is 8. The molecular weight excluding hydrogens is 448 g/mol. The molecule has 0 fully saturated rings. The van der Waals surface area contributed by atoms with E-state index in [-0.39, 0.29) is 11.9 Å². The van der Waals surface area contributed by atoms with Crippen LogP contribution in [0.2, 0.25) is 0 Å². The lowest BCUT2D eigenvalue weighted by molar-refractivity contribution is -0.114. The first kappa shape index (κ1) is 24.5. The highest BCUT2D eigenvalue weighted by molar-refractivity contribution is 5.99. The molecule has 4 aromatic carbocycles. The molecule has 0 aliphatic carbocycles. The Kier molecular flexibility index (Phi) is 7.98. The van der Waals surface area contributed by atoms with E-state index in [4.69, 9.17) is 0 Å². The Morgan fingerprint density at radius 3 is 1.11 bits per heavy atom. The van der Waals surface area contributed by atoms with Crippen LogP contribution < -0.4 is 21.3 Å². The molecule has 0 saturated heterocycles. The maximum Gasteiger partial charge on any atom is 0.323 e. The zero-order chi connectivity index (χ0) is 25.3. The predicted molar refractivity (Wildman–Crippen MR) is 148 cm³/mol. The van der Waals surface area contributed by atoms with Crippen LogP contribution in [-0.2, 0) is 17.6 Å². The van der Waals surface area contributed by atoms with Gasteiger partial charge in [0.25, 0.3) is 0 Å². The third-order valence-electron chi connectivity index (χ3n) is 5.76. The van der Waals surface area contributed by atoms with Crippen molar-refractivity contribution in [3.8, 4) is 0 Å². The lowest BCUT2D eigenvalue weighted by Gasteiger charge is -2.10. The smallest absolute Gasteiger partial charge is 0.323 e. The highest BCUT2D eigenvalue weighted by atomic mass is 16.2. The molecule has 182 valence electrons. The third-order valence-corrected chi connectivity index (χ3v) is 5.76. The Labute approximate surface area is 211 Å². The van der Waals surface area contributed by atoms with Crippen molar-refractivity contribution in [2.24, 2.45) is 0 Å². The summed E-state index contributed by atoms with van der Waals surface area (Å²) in [5, 5.41) is 11.6. The van der Waals surface area contributed by atoms with Crippen LogP contribution in [0.3, 0.4) is 0 Å². The van der Waals surface area contributed by atoms with Crippen molar-refractivity contribution in [2.75, 3.05) is 28.3 Å². The molecule has 0 saturated carbocycles. The molecule has 0 radical (unpaired) electrons. The quantitative estimate of drug-likeness (QED) is 0.233. The summed E-state index contributed by atoms with van der Waals surface area (Å²) in [6.45, 7) is 1.49. The van der Waals surface area contributed by atoms with Crippen molar-refractivity contribution < 1.29 is 9.59 Å². The summed E-state index contributed by atoms with van der Waals surface area (Å²) in [6, 6.07) is 31.5. The highest BCUT2D eigenvalue weighted by Gasteiger charge is 2.05. The largest absolute Gasteiger partial charge is 0.388 e. The van der Waals surface area contributed by atoms with E-state index in [0.717, 1.165) is 46.7 Å². The second kappa shape index (κ2) is 11.7. The first-order valence-corrected chi connectivity index (χ1v) is 11.9. The van der Waals surface area contributed by atoms with Crippen molar-refractivity contribution in [2.45, 2.75) is 19.8 Å². The van der Waals surface area contributed by atoms with Gasteiger partial charge in [-0.25, -0.2) is 4.79 Å². The van der Waals surface area contributed by atoms with Crippen molar-refractivity contribution in [3.63, 3.8) is 0 Å². The van der Waals surface area contributed by atoms with E-state index in [1.807, 2.05) is 79.8 Å². The Morgan fingerprint density at radius 1 is 0.500 bits per heavy atom. The molecule has 4 rings (SSSR count). The standard InChI is InChI=1S/C30H30N4O2/c1-21(35)32-27-13-5-23(6-14-27)20-25-9-17-29(18-10-25)34-30(36)33-28-15-7-24(8-16-28)19-22-3-11-26(31-2)12-4-22/h3-18,31H,19-20H2,1-2H3,(H,32,35)(H2,33,34,36). The van der Waals surface area contributed by atoms with Crippen molar-refractivity contribution in [1.29, 1.82) is 0 Å². The average molecular weight is 479 g/mol. The molecule has 6 nitrogen and oxygen atoms in total. The molecule has 0 heterocycles. The number of carbonyl (C=O) groups excluding carboxylic acids is 2. The van der Waals surface area contributed by atoms with Gasteiger partial charge >= 0.3 is 6.03 Å². The number of amides is 3. The van der Waals surface area contributed by atoms with Gasteiger partial charge in [0.1, 0.15) is 0 Å². The van der Waals surface area contributed by atoms with Crippen molar-refractivity contribution in [1.82, 2.24) is 0 Å². The average Bonchev–Trinajstić information content (AvgIpc) is 2.88. The predicted octanol–water partition coefficient (Wildman–Crippen LogP) is 6.51. The Bertz CT molecular complexity index is 1300. The molecule has 0 aromatic heterocycles. The second-order valence-electron chi connectivity index (χ2n) is 8.65. The molecule has 0 atom stereocenters. The fraction of sp³-hybridized carbons (Fsp3) is 0.133. The molecule has 0 unspecified atom stereocenters. The summed E-state index contributed by atoms with van der Waals surface area (Å²) in [5.74, 6) is -0.0847. The molecule has 6 heteroatoms. The van der Waals surface area contributed by atoms with Crippen LogP contribution in [-0.4, -0.2) is 19.0 Å². The van der Waals surface area contributed by atoms with Gasteiger partial charge < -0.3 is 21.3 Å². The van der Waals surface area contributed by atoms with E-state index in [0.29, 0.717) is 0 Å². The normalized spacial score (nSPS) is 10.4. The minimum absolute atomic E-state index is 0.0847. The van der Waals surface area contributed by atoms with Gasteiger partial charge in [-0.2, -0.15) is 0 Å². The Morgan fingerprint density at radius 2 is 0.806 bits per heavy atom. The summed E-state index contributed by atoms with van der Waals surface area (Å²) in [6.07, 6.45) is 1.60. The molecule has 3 amide bonds. The molecule has 0 aliphatic rings. The Balaban J connectivity index is 1.26. The van der Waals surface area contributed by atoms with Gasteiger partial charge in [0, 0.05) is 36.7 Å². The lowest BCUT2D eigenvalue weighted by Crippen LogP contribution is -2.19. The summed E-state index contributed by atoms with van der Waals surface area (Å²) in [5.41, 5.74) is 8.02. The molecule has 0 spiro atoms. The first-order valence-electron chi connectivity index (χ1n) is 11.9. The monoisotopic (exact) mass is 478 g/mol. The summed E-state index contributed by atoms with van der Waals surface area (Å²) in [4.78, 5) is 23.6. The summed E-state index contributed by atoms with van der Waals surface area (Å²) >= 11 is 0. The van der Waals surface area contributed by atoms with E-state index in [2.05, 4.69) is 45.5 Å². The zero-order valence-electron chi connectivity index (χ0n) is 20.5. The fourth-order valence-electron chi connectivity index (χ4n) is 3.88. The van der Waals surface area contributed by atoms with E-state index in [1.54, 1.807) is 0 Å². The second-order valence-corrected chi connectivity index (χ2v) is 8.65. The third kappa shape index (κ3) is 7.21. The van der Waals surface area contributed by atoms with Gasteiger partial charge in [0.2, 0.25) is 5.91 Å². The van der Waals surface area contributed by atoms with Gasteiger partial charge in [-0.3, -0.25) is 4.79 Å².